The standard InChI is InChI=1S/C14H23FN2O2S/c1-10(2)8-11(3)17(4)20(18,19)14-7-5-6-13(15)12(14)9-16/h5-7,10-11H,8-9,16H2,1-4H3. The molecule has 4 nitrogen and oxygen atoms in total. The summed E-state index contributed by atoms with van der Waals surface area (Å²) in [6.45, 7) is 5.77. The molecular formula is C14H23FN2O2S. The summed E-state index contributed by atoms with van der Waals surface area (Å²) in [7, 11) is -2.21. The molecule has 1 atom stereocenters. The second-order valence-electron chi connectivity index (χ2n) is 5.42. The summed E-state index contributed by atoms with van der Waals surface area (Å²) in [5.41, 5.74) is 5.52. The molecule has 1 aromatic rings. The van der Waals surface area contributed by atoms with Gasteiger partial charge in [-0.05, 0) is 31.4 Å². The van der Waals surface area contributed by atoms with Crippen molar-refractivity contribution in [2.24, 2.45) is 11.7 Å². The summed E-state index contributed by atoms with van der Waals surface area (Å²) < 4.78 is 40.2. The van der Waals surface area contributed by atoms with Gasteiger partial charge in [-0.15, -0.1) is 0 Å². The van der Waals surface area contributed by atoms with E-state index in [2.05, 4.69) is 0 Å². The molecule has 0 radical (unpaired) electrons. The van der Waals surface area contributed by atoms with Crippen molar-refractivity contribution >= 4 is 10.0 Å². The lowest BCUT2D eigenvalue weighted by atomic mass is 10.1. The number of halogens is 1. The van der Waals surface area contributed by atoms with Crippen LogP contribution in [0.5, 0.6) is 0 Å². The average molecular weight is 302 g/mol. The molecule has 1 unspecified atom stereocenters. The third-order valence-corrected chi connectivity index (χ3v) is 5.43. The van der Waals surface area contributed by atoms with Crippen LogP contribution in [0.2, 0.25) is 0 Å². The minimum atomic E-state index is -3.74. The predicted octanol–water partition coefficient (Wildman–Crippen LogP) is 2.34. The lowest BCUT2D eigenvalue weighted by Gasteiger charge is -2.26. The largest absolute Gasteiger partial charge is 0.326 e. The first-order valence-corrected chi connectivity index (χ1v) is 8.11. The van der Waals surface area contributed by atoms with Crippen LogP contribution >= 0.6 is 0 Å². The number of hydrogen-bond donors (Lipinski definition) is 1. The number of rotatable bonds is 6. The summed E-state index contributed by atoms with van der Waals surface area (Å²) in [5, 5.41) is 0. The fourth-order valence-corrected chi connectivity index (χ4v) is 3.81. The van der Waals surface area contributed by atoms with Crippen molar-refractivity contribution in [2.45, 2.75) is 44.7 Å². The maximum Gasteiger partial charge on any atom is 0.243 e. The van der Waals surface area contributed by atoms with E-state index in [0.29, 0.717) is 5.92 Å². The molecule has 0 aliphatic heterocycles. The van der Waals surface area contributed by atoms with Crippen LogP contribution < -0.4 is 5.73 Å². The maximum atomic E-state index is 13.7. The second kappa shape index (κ2) is 6.65. The van der Waals surface area contributed by atoms with Crippen molar-refractivity contribution in [2.75, 3.05) is 7.05 Å². The molecule has 0 aromatic heterocycles. The number of sulfonamides is 1. The van der Waals surface area contributed by atoms with Gasteiger partial charge in [-0.25, -0.2) is 12.8 Å². The van der Waals surface area contributed by atoms with Gasteiger partial charge < -0.3 is 5.73 Å². The van der Waals surface area contributed by atoms with Gasteiger partial charge >= 0.3 is 0 Å². The van der Waals surface area contributed by atoms with Crippen molar-refractivity contribution in [1.82, 2.24) is 4.31 Å². The zero-order valence-corrected chi connectivity index (χ0v) is 13.2. The van der Waals surface area contributed by atoms with Gasteiger partial charge in [0, 0.05) is 25.2 Å². The Morgan fingerprint density at radius 2 is 1.90 bits per heavy atom. The topological polar surface area (TPSA) is 63.4 Å². The van der Waals surface area contributed by atoms with E-state index in [4.69, 9.17) is 5.73 Å². The van der Waals surface area contributed by atoms with E-state index < -0.39 is 15.8 Å². The van der Waals surface area contributed by atoms with E-state index in [0.717, 1.165) is 6.42 Å². The molecule has 0 amide bonds. The van der Waals surface area contributed by atoms with Crippen molar-refractivity contribution in [3.8, 4) is 0 Å². The molecule has 0 fully saturated rings. The maximum absolute atomic E-state index is 13.7. The number of nitrogens with two attached hydrogens (primary N) is 1. The van der Waals surface area contributed by atoms with Crippen LogP contribution in [0.3, 0.4) is 0 Å². The fourth-order valence-electron chi connectivity index (χ4n) is 2.20. The van der Waals surface area contributed by atoms with Gasteiger partial charge in [0.25, 0.3) is 0 Å². The summed E-state index contributed by atoms with van der Waals surface area (Å²) in [6.07, 6.45) is 0.739. The van der Waals surface area contributed by atoms with Gasteiger partial charge in [0.2, 0.25) is 10.0 Å². The first-order valence-electron chi connectivity index (χ1n) is 6.67. The molecule has 1 rings (SSSR count). The highest BCUT2D eigenvalue weighted by Crippen LogP contribution is 2.24. The Morgan fingerprint density at radius 1 is 1.30 bits per heavy atom. The van der Waals surface area contributed by atoms with Crippen molar-refractivity contribution < 1.29 is 12.8 Å². The molecule has 114 valence electrons. The van der Waals surface area contributed by atoms with Crippen molar-refractivity contribution in [1.29, 1.82) is 0 Å². The Kier molecular flexibility index (Phi) is 5.68. The fraction of sp³-hybridized carbons (Fsp3) is 0.571. The van der Waals surface area contributed by atoms with Crippen LogP contribution in [0.15, 0.2) is 23.1 Å². The Bertz CT molecular complexity index is 558. The Balaban J connectivity index is 3.20. The van der Waals surface area contributed by atoms with E-state index in [1.807, 2.05) is 20.8 Å². The van der Waals surface area contributed by atoms with Crippen LogP contribution in [-0.2, 0) is 16.6 Å². The minimum Gasteiger partial charge on any atom is -0.326 e. The highest BCUT2D eigenvalue weighted by molar-refractivity contribution is 7.89. The van der Waals surface area contributed by atoms with E-state index in [1.54, 1.807) is 0 Å². The summed E-state index contributed by atoms with van der Waals surface area (Å²) in [6, 6.07) is 3.86. The molecule has 1 aromatic carbocycles. The van der Waals surface area contributed by atoms with Crippen LogP contribution in [0, 0.1) is 11.7 Å². The van der Waals surface area contributed by atoms with E-state index >= 15 is 0 Å². The van der Waals surface area contributed by atoms with E-state index in [-0.39, 0.29) is 23.0 Å². The molecule has 0 bridgehead atoms. The van der Waals surface area contributed by atoms with Gasteiger partial charge in [0.1, 0.15) is 5.82 Å². The highest BCUT2D eigenvalue weighted by Gasteiger charge is 2.28. The molecular weight excluding hydrogens is 279 g/mol. The van der Waals surface area contributed by atoms with Crippen molar-refractivity contribution in [3.05, 3.63) is 29.6 Å². The molecule has 6 heteroatoms. The molecule has 20 heavy (non-hydrogen) atoms. The zero-order valence-electron chi connectivity index (χ0n) is 12.4. The molecule has 0 saturated carbocycles. The van der Waals surface area contributed by atoms with Gasteiger partial charge in [-0.2, -0.15) is 4.31 Å². The SMILES string of the molecule is CC(C)CC(C)N(C)S(=O)(=O)c1cccc(F)c1CN. The number of benzene rings is 1. The third-order valence-electron chi connectivity index (χ3n) is 3.37. The Hall–Kier alpha value is -0.980. The zero-order chi connectivity index (χ0) is 15.5. The molecule has 0 aliphatic rings. The minimum absolute atomic E-state index is 0.0381. The smallest absolute Gasteiger partial charge is 0.243 e. The van der Waals surface area contributed by atoms with Gasteiger partial charge in [-0.1, -0.05) is 19.9 Å². The quantitative estimate of drug-likeness (QED) is 0.877. The Morgan fingerprint density at radius 3 is 2.40 bits per heavy atom. The number of nitrogens with zero attached hydrogens (tertiary/aromatic N) is 1. The molecule has 0 aliphatic carbocycles. The van der Waals surface area contributed by atoms with Gasteiger partial charge in [0.15, 0.2) is 0 Å². The first kappa shape index (κ1) is 17.1. The lowest BCUT2D eigenvalue weighted by molar-refractivity contribution is 0.337. The molecule has 0 spiro atoms. The lowest BCUT2D eigenvalue weighted by Crippen LogP contribution is -2.36. The first-order chi connectivity index (χ1) is 9.21. The average Bonchev–Trinajstić information content (AvgIpc) is 2.36. The predicted molar refractivity (Wildman–Crippen MR) is 78.2 cm³/mol. The van der Waals surface area contributed by atoms with Crippen LogP contribution in [0.25, 0.3) is 0 Å². The monoisotopic (exact) mass is 302 g/mol. The molecule has 2 N–H and O–H groups in total. The summed E-state index contributed by atoms with van der Waals surface area (Å²) in [4.78, 5) is -0.0434. The van der Waals surface area contributed by atoms with E-state index in [1.165, 1.54) is 29.6 Å². The van der Waals surface area contributed by atoms with E-state index in [9.17, 15) is 12.8 Å². The van der Waals surface area contributed by atoms with Crippen LogP contribution in [0.4, 0.5) is 4.39 Å². The van der Waals surface area contributed by atoms with Crippen molar-refractivity contribution in [3.63, 3.8) is 0 Å². The van der Waals surface area contributed by atoms with Crippen LogP contribution in [-0.4, -0.2) is 25.8 Å². The second-order valence-corrected chi connectivity index (χ2v) is 7.39. The molecule has 0 heterocycles. The Labute approximate surface area is 120 Å². The van der Waals surface area contributed by atoms with Gasteiger partial charge in [-0.3, -0.25) is 0 Å². The van der Waals surface area contributed by atoms with Gasteiger partial charge in [0.05, 0.1) is 4.90 Å². The van der Waals surface area contributed by atoms with Crippen LogP contribution in [0.1, 0.15) is 32.8 Å². The normalized spacial score (nSPS) is 14.0. The summed E-state index contributed by atoms with van der Waals surface area (Å²) >= 11 is 0. The summed E-state index contributed by atoms with van der Waals surface area (Å²) in [5.74, 6) is -0.206. The highest BCUT2D eigenvalue weighted by atomic mass is 32.2. The third kappa shape index (κ3) is 3.56. The molecule has 0 saturated heterocycles. The number of hydrogen-bond acceptors (Lipinski definition) is 3.